The highest BCUT2D eigenvalue weighted by Gasteiger charge is 2.12. The number of nitrogens with one attached hydrogen (secondary N) is 2. The zero-order valence-corrected chi connectivity index (χ0v) is 26.1. The predicted octanol–water partition coefficient (Wildman–Crippen LogP) is 6.35. The Kier molecular flexibility index (Phi) is 17.1. The first kappa shape index (κ1) is 33.3. The van der Waals surface area contributed by atoms with Crippen LogP contribution in [-0.2, 0) is 19.5 Å². The number of benzene rings is 2. The van der Waals surface area contributed by atoms with E-state index in [1.807, 2.05) is 0 Å². The summed E-state index contributed by atoms with van der Waals surface area (Å²) in [5.74, 6) is 1.10. The lowest BCUT2D eigenvalue weighted by Crippen LogP contribution is -2.23. The van der Waals surface area contributed by atoms with Crippen LogP contribution in [0, 0.1) is 13.8 Å². The average Bonchev–Trinajstić information content (AvgIpc) is 2.89. The number of ether oxygens (including phenoxy) is 1. The predicted molar refractivity (Wildman–Crippen MR) is 169 cm³/mol. The first-order valence-corrected chi connectivity index (χ1v) is 15.4. The zero-order valence-electron chi connectivity index (χ0n) is 26.1. The Bertz CT molecular complexity index is 856. The molecule has 0 aliphatic heterocycles. The van der Waals surface area contributed by atoms with Crippen molar-refractivity contribution in [1.29, 1.82) is 0 Å². The number of aryl methyl sites for hydroxylation is 3. The summed E-state index contributed by atoms with van der Waals surface area (Å²) < 4.78 is 6.51. The molecule has 2 aromatic rings. The average molecular weight is 539 g/mol. The van der Waals surface area contributed by atoms with Gasteiger partial charge in [-0.15, -0.1) is 0 Å². The molecule has 0 atom stereocenters. The summed E-state index contributed by atoms with van der Waals surface area (Å²) in [4.78, 5) is 4.49. The van der Waals surface area contributed by atoms with Crippen LogP contribution in [0.4, 0.5) is 0 Å². The topological polar surface area (TPSA) is 39.8 Å². The normalized spacial score (nSPS) is 11.6. The van der Waals surface area contributed by atoms with E-state index in [-0.39, 0.29) is 0 Å². The van der Waals surface area contributed by atoms with Gasteiger partial charge in [0.1, 0.15) is 5.75 Å². The Morgan fingerprint density at radius 3 is 1.67 bits per heavy atom. The summed E-state index contributed by atoms with van der Waals surface area (Å²) in [6.45, 7) is 11.1. The van der Waals surface area contributed by atoms with E-state index in [2.05, 4.69) is 98.9 Å². The van der Waals surface area contributed by atoms with E-state index in [0.717, 1.165) is 70.9 Å². The van der Waals surface area contributed by atoms with Gasteiger partial charge in [0.05, 0.1) is 6.61 Å². The molecule has 0 bridgehead atoms. The molecule has 220 valence electrons. The Morgan fingerprint density at radius 1 is 0.615 bits per heavy atom. The van der Waals surface area contributed by atoms with E-state index in [1.54, 1.807) is 0 Å². The van der Waals surface area contributed by atoms with Crippen LogP contribution in [0.2, 0.25) is 0 Å². The van der Waals surface area contributed by atoms with Crippen molar-refractivity contribution in [3.8, 4) is 5.75 Å². The van der Waals surface area contributed by atoms with E-state index in [4.69, 9.17) is 4.74 Å². The van der Waals surface area contributed by atoms with Crippen molar-refractivity contribution in [3.63, 3.8) is 0 Å². The molecule has 2 N–H and O–H groups in total. The molecule has 0 aliphatic rings. The van der Waals surface area contributed by atoms with Crippen molar-refractivity contribution in [1.82, 2.24) is 20.4 Å². The van der Waals surface area contributed by atoms with Crippen molar-refractivity contribution in [2.75, 3.05) is 61.0 Å². The molecule has 0 fully saturated rings. The fraction of sp³-hybridized carbons (Fsp3) is 0.647. The molecule has 0 aliphatic carbocycles. The van der Waals surface area contributed by atoms with Crippen molar-refractivity contribution in [3.05, 3.63) is 64.2 Å². The fourth-order valence-corrected chi connectivity index (χ4v) is 4.93. The van der Waals surface area contributed by atoms with Gasteiger partial charge in [-0.25, -0.2) is 0 Å². The van der Waals surface area contributed by atoms with Crippen LogP contribution in [0.5, 0.6) is 5.75 Å². The molecule has 2 rings (SSSR count). The van der Waals surface area contributed by atoms with Gasteiger partial charge in [0, 0.05) is 24.2 Å². The number of nitrogens with zero attached hydrogens (tertiary/aromatic N) is 2. The second-order valence-corrected chi connectivity index (χ2v) is 11.8. The molecule has 0 saturated carbocycles. The lowest BCUT2D eigenvalue weighted by molar-refractivity contribution is 0.296. The van der Waals surface area contributed by atoms with Crippen molar-refractivity contribution < 1.29 is 4.74 Å². The Hall–Kier alpha value is -1.92. The highest BCUT2D eigenvalue weighted by Crippen LogP contribution is 2.27. The molecule has 5 heteroatoms. The van der Waals surface area contributed by atoms with Crippen molar-refractivity contribution in [2.24, 2.45) is 0 Å². The van der Waals surface area contributed by atoms with Gasteiger partial charge in [0.2, 0.25) is 0 Å². The van der Waals surface area contributed by atoms with E-state index >= 15 is 0 Å². The maximum Gasteiger partial charge on any atom is 0.128 e. The summed E-state index contributed by atoms with van der Waals surface area (Å²) in [5.41, 5.74) is 6.71. The molecule has 5 nitrogen and oxygen atoms in total. The summed E-state index contributed by atoms with van der Waals surface area (Å²) >= 11 is 0. The van der Waals surface area contributed by atoms with Gasteiger partial charge in [-0.2, -0.15) is 0 Å². The van der Waals surface area contributed by atoms with Crippen LogP contribution in [0.25, 0.3) is 0 Å². The van der Waals surface area contributed by atoms with E-state index in [0.29, 0.717) is 0 Å². The van der Waals surface area contributed by atoms with E-state index in [9.17, 15) is 0 Å². The van der Waals surface area contributed by atoms with Crippen LogP contribution in [0.3, 0.4) is 0 Å². The molecular formula is C34H58N4O. The molecule has 0 aromatic heterocycles. The Morgan fingerprint density at radius 2 is 1.13 bits per heavy atom. The maximum atomic E-state index is 6.51. The minimum absolute atomic E-state index is 0.799. The largest absolute Gasteiger partial charge is 0.493 e. The smallest absolute Gasteiger partial charge is 0.128 e. The number of hydrogen-bond acceptors (Lipinski definition) is 5. The molecule has 39 heavy (non-hydrogen) atoms. The molecular weight excluding hydrogens is 480 g/mol. The number of hydrogen-bond donors (Lipinski definition) is 2. The minimum Gasteiger partial charge on any atom is -0.493 e. The van der Waals surface area contributed by atoms with Gasteiger partial charge in [0.15, 0.2) is 0 Å². The summed E-state index contributed by atoms with van der Waals surface area (Å²) in [6, 6.07) is 13.6. The monoisotopic (exact) mass is 538 g/mol. The SMILES string of the molecule is Cc1ccc(CCCCCCCCOc2c(CNCCCN(C)C)cc(C)cc2CNCCCN(C)C)cc1. The van der Waals surface area contributed by atoms with Crippen LogP contribution in [0.15, 0.2) is 36.4 Å². The van der Waals surface area contributed by atoms with Gasteiger partial charge in [-0.3, -0.25) is 0 Å². The van der Waals surface area contributed by atoms with Gasteiger partial charge in [0.25, 0.3) is 0 Å². The van der Waals surface area contributed by atoms with Gasteiger partial charge in [-0.05, 0) is 106 Å². The third-order valence-electron chi connectivity index (χ3n) is 7.16. The first-order chi connectivity index (χ1) is 18.8. The Labute approximate surface area is 240 Å². The maximum absolute atomic E-state index is 6.51. The zero-order chi connectivity index (χ0) is 28.3. The second kappa shape index (κ2) is 20.0. The summed E-state index contributed by atoms with van der Waals surface area (Å²) in [7, 11) is 8.54. The molecule has 0 unspecified atom stereocenters. The number of unbranched alkanes of at least 4 members (excludes halogenated alkanes) is 5. The van der Waals surface area contributed by atoms with Gasteiger partial charge >= 0.3 is 0 Å². The lowest BCUT2D eigenvalue weighted by atomic mass is 10.0. The van der Waals surface area contributed by atoms with Crippen LogP contribution >= 0.6 is 0 Å². The van der Waals surface area contributed by atoms with Crippen LogP contribution in [-0.4, -0.2) is 70.8 Å². The van der Waals surface area contributed by atoms with Gasteiger partial charge < -0.3 is 25.2 Å². The molecule has 0 radical (unpaired) electrons. The lowest BCUT2D eigenvalue weighted by Gasteiger charge is -2.19. The summed E-state index contributed by atoms with van der Waals surface area (Å²) in [5, 5.41) is 7.31. The van der Waals surface area contributed by atoms with E-state index in [1.165, 1.54) is 66.3 Å². The quantitative estimate of drug-likeness (QED) is 0.171. The van der Waals surface area contributed by atoms with Crippen LogP contribution in [0.1, 0.15) is 79.2 Å². The highest BCUT2D eigenvalue weighted by atomic mass is 16.5. The third kappa shape index (κ3) is 15.4. The summed E-state index contributed by atoms with van der Waals surface area (Å²) in [6.07, 6.45) is 11.1. The fourth-order valence-electron chi connectivity index (χ4n) is 4.93. The van der Waals surface area contributed by atoms with Crippen molar-refractivity contribution >= 4 is 0 Å². The van der Waals surface area contributed by atoms with Crippen LogP contribution < -0.4 is 15.4 Å². The highest BCUT2D eigenvalue weighted by molar-refractivity contribution is 5.44. The minimum atomic E-state index is 0.799. The Balaban J connectivity index is 1.79. The molecule has 0 saturated heterocycles. The van der Waals surface area contributed by atoms with Crippen molar-refractivity contribution in [2.45, 2.75) is 84.7 Å². The molecule has 0 amide bonds. The first-order valence-electron chi connectivity index (χ1n) is 15.4. The molecule has 2 aromatic carbocycles. The van der Waals surface area contributed by atoms with Gasteiger partial charge in [-0.1, -0.05) is 73.2 Å². The number of rotatable bonds is 22. The van der Waals surface area contributed by atoms with E-state index < -0.39 is 0 Å². The second-order valence-electron chi connectivity index (χ2n) is 11.8. The third-order valence-corrected chi connectivity index (χ3v) is 7.16. The standard InChI is InChI=1S/C34H58N4O/c1-29-16-18-31(19-17-29)15-11-9-7-8-10-12-24-39-34-32(27-35-20-13-22-37(3)4)25-30(2)26-33(34)28-36-21-14-23-38(5)6/h16-19,25-26,35-36H,7-15,20-24,27-28H2,1-6H3. The molecule has 0 heterocycles. The molecule has 0 spiro atoms.